The lowest BCUT2D eigenvalue weighted by Gasteiger charge is -2.26. The number of carbonyl (C=O) groups excluding carboxylic acids is 1. The van der Waals surface area contributed by atoms with Crippen LogP contribution in [0.25, 0.3) is 0 Å². The molecule has 102 valence electrons. The molecule has 3 heteroatoms. The highest BCUT2D eigenvalue weighted by atomic mass is 16.6. The average molecular weight is 259 g/mol. The highest BCUT2D eigenvalue weighted by Gasteiger charge is 2.61. The summed E-state index contributed by atoms with van der Waals surface area (Å²) in [4.78, 5) is 14.0. The highest BCUT2D eigenvalue weighted by molar-refractivity contribution is 5.69. The minimum absolute atomic E-state index is 0.171. The second-order valence-electron chi connectivity index (χ2n) is 6.78. The van der Waals surface area contributed by atoms with Crippen molar-refractivity contribution in [1.29, 1.82) is 0 Å². The summed E-state index contributed by atoms with van der Waals surface area (Å²) in [5.74, 6) is 0.613. The second kappa shape index (κ2) is 3.99. The molecule has 1 aromatic carbocycles. The summed E-state index contributed by atoms with van der Waals surface area (Å²) in [6, 6.07) is 10.6. The van der Waals surface area contributed by atoms with Crippen LogP contribution in [0.15, 0.2) is 30.3 Å². The van der Waals surface area contributed by atoms with Crippen molar-refractivity contribution in [3.8, 4) is 0 Å². The van der Waals surface area contributed by atoms with Gasteiger partial charge in [0, 0.05) is 18.5 Å². The Hall–Kier alpha value is -1.51. The van der Waals surface area contributed by atoms with Gasteiger partial charge in [0.1, 0.15) is 5.60 Å². The molecule has 3 nitrogen and oxygen atoms in total. The van der Waals surface area contributed by atoms with Crippen molar-refractivity contribution in [2.45, 2.75) is 38.2 Å². The molecule has 1 amide bonds. The lowest BCUT2D eigenvalue weighted by molar-refractivity contribution is 0.0270. The van der Waals surface area contributed by atoms with Gasteiger partial charge in [-0.1, -0.05) is 30.3 Å². The molecule has 1 saturated heterocycles. The monoisotopic (exact) mass is 259 g/mol. The molecule has 0 spiro atoms. The zero-order valence-electron chi connectivity index (χ0n) is 11.8. The number of carbonyl (C=O) groups is 1. The molecular weight excluding hydrogens is 238 g/mol. The van der Waals surface area contributed by atoms with Crippen molar-refractivity contribution in [3.63, 3.8) is 0 Å². The molecule has 1 aliphatic heterocycles. The van der Waals surface area contributed by atoms with E-state index in [1.54, 1.807) is 0 Å². The van der Waals surface area contributed by atoms with Crippen molar-refractivity contribution < 1.29 is 9.53 Å². The summed E-state index contributed by atoms with van der Waals surface area (Å²) in [5, 5.41) is 0. The molecule has 1 aromatic rings. The van der Waals surface area contributed by atoms with Crippen LogP contribution in [0.1, 0.15) is 32.8 Å². The fourth-order valence-corrected chi connectivity index (χ4v) is 3.17. The Bertz CT molecular complexity index is 491. The first-order valence-corrected chi connectivity index (χ1v) is 6.94. The molecular formula is C16H21NO2. The maximum absolute atomic E-state index is 12.1. The summed E-state index contributed by atoms with van der Waals surface area (Å²) < 4.78 is 5.46. The number of piperidine rings is 1. The van der Waals surface area contributed by atoms with E-state index in [4.69, 9.17) is 4.74 Å². The lowest BCUT2D eigenvalue weighted by Crippen LogP contribution is -2.37. The Morgan fingerprint density at radius 2 is 2.00 bits per heavy atom. The highest BCUT2D eigenvalue weighted by Crippen LogP contribution is 2.59. The van der Waals surface area contributed by atoms with Crippen LogP contribution in [0.4, 0.5) is 4.79 Å². The molecule has 1 aliphatic carbocycles. The fraction of sp³-hybridized carbons (Fsp3) is 0.562. The van der Waals surface area contributed by atoms with Crippen LogP contribution in [0.2, 0.25) is 0 Å². The lowest BCUT2D eigenvalue weighted by atomic mass is 9.95. The van der Waals surface area contributed by atoms with Crippen molar-refractivity contribution in [2.75, 3.05) is 13.1 Å². The number of ether oxygens (including phenoxy) is 1. The van der Waals surface area contributed by atoms with E-state index < -0.39 is 5.60 Å². The van der Waals surface area contributed by atoms with E-state index in [-0.39, 0.29) is 11.5 Å². The number of likely N-dealkylation sites (tertiary alicyclic amines) is 1. The maximum atomic E-state index is 12.1. The molecule has 3 rings (SSSR count). The van der Waals surface area contributed by atoms with E-state index in [2.05, 4.69) is 24.3 Å². The first-order chi connectivity index (χ1) is 8.91. The predicted molar refractivity (Wildman–Crippen MR) is 74.0 cm³/mol. The molecule has 2 aliphatic rings. The van der Waals surface area contributed by atoms with Gasteiger partial charge in [0.05, 0.1) is 0 Å². The minimum atomic E-state index is -0.413. The van der Waals surface area contributed by atoms with Gasteiger partial charge in [0.15, 0.2) is 0 Å². The molecule has 2 fully saturated rings. The topological polar surface area (TPSA) is 29.5 Å². The van der Waals surface area contributed by atoms with Crippen molar-refractivity contribution in [1.82, 2.24) is 4.90 Å². The maximum Gasteiger partial charge on any atom is 0.410 e. The van der Waals surface area contributed by atoms with Gasteiger partial charge in [-0.3, -0.25) is 0 Å². The summed E-state index contributed by atoms with van der Waals surface area (Å²) >= 11 is 0. The normalized spacial score (nSPS) is 29.0. The zero-order chi connectivity index (χ0) is 13.7. The number of fused-ring (bicyclic) bond motifs is 1. The van der Waals surface area contributed by atoms with E-state index >= 15 is 0 Å². The number of rotatable bonds is 1. The standard InChI is InChI=1S/C16H21NO2/c1-15(2,3)19-14(18)17-10-13-9-16(13,11-17)12-7-5-4-6-8-12/h4-8,13H,9-11H2,1-3H3. The third kappa shape index (κ3) is 2.22. The van der Waals surface area contributed by atoms with Crippen LogP contribution < -0.4 is 0 Å². The molecule has 1 heterocycles. The van der Waals surface area contributed by atoms with Crippen LogP contribution in [0, 0.1) is 5.92 Å². The fourth-order valence-electron chi connectivity index (χ4n) is 3.17. The van der Waals surface area contributed by atoms with Crippen LogP contribution in [0.5, 0.6) is 0 Å². The second-order valence-corrected chi connectivity index (χ2v) is 6.78. The first-order valence-electron chi connectivity index (χ1n) is 6.94. The SMILES string of the molecule is CC(C)(C)OC(=O)N1CC2CC2(c2ccccc2)C1. The van der Waals surface area contributed by atoms with Crippen molar-refractivity contribution in [2.24, 2.45) is 5.92 Å². The molecule has 0 N–H and O–H groups in total. The van der Waals surface area contributed by atoms with Gasteiger partial charge < -0.3 is 9.64 Å². The molecule has 1 saturated carbocycles. The van der Waals surface area contributed by atoms with Gasteiger partial charge in [-0.05, 0) is 38.7 Å². The summed E-state index contributed by atoms with van der Waals surface area (Å²) in [6.07, 6.45) is 1.03. The smallest absolute Gasteiger partial charge is 0.410 e. The zero-order valence-corrected chi connectivity index (χ0v) is 11.8. The molecule has 0 bridgehead atoms. The minimum Gasteiger partial charge on any atom is -0.444 e. The first kappa shape index (κ1) is 12.5. The predicted octanol–water partition coefficient (Wildman–Crippen LogP) is 3.20. The van der Waals surface area contributed by atoms with Gasteiger partial charge in [-0.25, -0.2) is 4.79 Å². The largest absolute Gasteiger partial charge is 0.444 e. The molecule has 0 radical (unpaired) electrons. The number of hydrogen-bond acceptors (Lipinski definition) is 2. The van der Waals surface area contributed by atoms with E-state index in [0.29, 0.717) is 5.92 Å². The number of benzene rings is 1. The van der Waals surface area contributed by atoms with Crippen LogP contribution in [0.3, 0.4) is 0 Å². The summed E-state index contributed by atoms with van der Waals surface area (Å²) in [5.41, 5.74) is 1.16. The Labute approximate surface area is 114 Å². The number of amides is 1. The molecule has 19 heavy (non-hydrogen) atoms. The Balaban J connectivity index is 1.71. The van der Waals surface area contributed by atoms with E-state index in [1.807, 2.05) is 31.7 Å². The third-order valence-corrected chi connectivity index (χ3v) is 4.15. The van der Waals surface area contributed by atoms with Gasteiger partial charge in [-0.15, -0.1) is 0 Å². The van der Waals surface area contributed by atoms with Gasteiger partial charge in [0.25, 0.3) is 0 Å². The van der Waals surface area contributed by atoms with E-state index in [0.717, 1.165) is 13.1 Å². The number of nitrogens with zero attached hydrogens (tertiary/aromatic N) is 1. The summed E-state index contributed by atoms with van der Waals surface area (Å²) in [7, 11) is 0. The molecule has 0 aromatic heterocycles. The Morgan fingerprint density at radius 3 is 2.63 bits per heavy atom. The van der Waals surface area contributed by atoms with Gasteiger partial charge in [0.2, 0.25) is 0 Å². The van der Waals surface area contributed by atoms with Crippen LogP contribution >= 0.6 is 0 Å². The average Bonchev–Trinajstić information content (AvgIpc) is 2.91. The Kier molecular flexibility index (Phi) is 2.63. The Morgan fingerprint density at radius 1 is 1.32 bits per heavy atom. The molecule has 2 atom stereocenters. The third-order valence-electron chi connectivity index (χ3n) is 4.15. The van der Waals surface area contributed by atoms with E-state index in [1.165, 1.54) is 12.0 Å². The van der Waals surface area contributed by atoms with Crippen LogP contribution in [-0.2, 0) is 10.2 Å². The quantitative estimate of drug-likeness (QED) is 0.775. The molecule has 2 unspecified atom stereocenters. The van der Waals surface area contributed by atoms with Crippen LogP contribution in [-0.4, -0.2) is 29.7 Å². The van der Waals surface area contributed by atoms with Crippen molar-refractivity contribution in [3.05, 3.63) is 35.9 Å². The van der Waals surface area contributed by atoms with E-state index in [9.17, 15) is 4.79 Å². The van der Waals surface area contributed by atoms with Crippen molar-refractivity contribution >= 4 is 6.09 Å². The van der Waals surface area contributed by atoms with Gasteiger partial charge >= 0.3 is 6.09 Å². The summed E-state index contributed by atoms with van der Waals surface area (Å²) in [6.45, 7) is 7.37. The van der Waals surface area contributed by atoms with Gasteiger partial charge in [-0.2, -0.15) is 0 Å². The number of hydrogen-bond donors (Lipinski definition) is 0.